The van der Waals surface area contributed by atoms with E-state index in [2.05, 4.69) is 11.4 Å². The van der Waals surface area contributed by atoms with Gasteiger partial charge in [0.25, 0.3) is 0 Å². The van der Waals surface area contributed by atoms with Gasteiger partial charge in [-0.3, -0.25) is 0 Å². The van der Waals surface area contributed by atoms with Crippen molar-refractivity contribution in [3.8, 4) is 5.75 Å². The molecule has 74 valence electrons. The Labute approximate surface area is 84.0 Å². The highest BCUT2D eigenvalue weighted by Gasteiger charge is 2.25. The molecule has 14 heavy (non-hydrogen) atoms. The van der Waals surface area contributed by atoms with E-state index in [0.717, 1.165) is 19.4 Å². The Hall–Kier alpha value is -1.02. The van der Waals surface area contributed by atoms with Crippen LogP contribution in [-0.4, -0.2) is 11.7 Å². The van der Waals surface area contributed by atoms with Crippen molar-refractivity contribution in [3.63, 3.8) is 0 Å². The van der Waals surface area contributed by atoms with Gasteiger partial charge in [-0.25, -0.2) is 0 Å². The van der Waals surface area contributed by atoms with Crippen molar-refractivity contribution in [2.75, 3.05) is 6.54 Å². The Bertz CT molecular complexity index is 369. The van der Waals surface area contributed by atoms with Crippen molar-refractivity contribution in [2.24, 2.45) is 0 Å². The van der Waals surface area contributed by atoms with Gasteiger partial charge in [0.1, 0.15) is 5.75 Å². The summed E-state index contributed by atoms with van der Waals surface area (Å²) in [6.45, 7) is 1.14. The molecule has 1 aromatic rings. The van der Waals surface area contributed by atoms with Crippen LogP contribution in [0.3, 0.4) is 0 Å². The monoisotopic (exact) mass is 189 g/mol. The third kappa shape index (κ3) is 1.07. The first-order valence-electron chi connectivity index (χ1n) is 5.43. The summed E-state index contributed by atoms with van der Waals surface area (Å²) in [5, 5.41) is 13.1. The third-order valence-corrected chi connectivity index (χ3v) is 3.50. The van der Waals surface area contributed by atoms with Crippen LogP contribution in [0.2, 0.25) is 0 Å². The number of phenolic OH excluding ortho intramolecular Hbond substituents is 1. The highest BCUT2D eigenvalue weighted by Crippen LogP contribution is 2.37. The molecule has 0 unspecified atom stereocenters. The van der Waals surface area contributed by atoms with Crippen molar-refractivity contribution in [1.82, 2.24) is 5.32 Å². The van der Waals surface area contributed by atoms with E-state index in [-0.39, 0.29) is 0 Å². The number of hydrogen-bond donors (Lipinski definition) is 2. The van der Waals surface area contributed by atoms with Gasteiger partial charge >= 0.3 is 0 Å². The van der Waals surface area contributed by atoms with Crippen molar-refractivity contribution in [3.05, 3.63) is 28.8 Å². The second-order valence-corrected chi connectivity index (χ2v) is 4.28. The SMILES string of the molecule is Oc1ccc([C@H]2CCN2)c2c1CCC2. The summed E-state index contributed by atoms with van der Waals surface area (Å²) in [7, 11) is 0. The molecule has 2 aliphatic rings. The molecule has 0 saturated carbocycles. The summed E-state index contributed by atoms with van der Waals surface area (Å²) in [4.78, 5) is 0. The number of rotatable bonds is 1. The Kier molecular flexibility index (Phi) is 1.77. The van der Waals surface area contributed by atoms with Gasteiger partial charge < -0.3 is 10.4 Å². The van der Waals surface area contributed by atoms with Gasteiger partial charge in [0, 0.05) is 6.04 Å². The zero-order chi connectivity index (χ0) is 9.54. The maximum atomic E-state index is 9.71. The van der Waals surface area contributed by atoms with Crippen LogP contribution in [-0.2, 0) is 12.8 Å². The second-order valence-electron chi connectivity index (χ2n) is 4.28. The molecule has 0 amide bonds. The highest BCUT2D eigenvalue weighted by atomic mass is 16.3. The van der Waals surface area contributed by atoms with Crippen molar-refractivity contribution in [1.29, 1.82) is 0 Å². The Balaban J connectivity index is 2.08. The Morgan fingerprint density at radius 1 is 1.21 bits per heavy atom. The van der Waals surface area contributed by atoms with E-state index in [1.54, 1.807) is 0 Å². The lowest BCUT2D eigenvalue weighted by Crippen LogP contribution is -2.35. The smallest absolute Gasteiger partial charge is 0.119 e. The standard InChI is InChI=1S/C12H15NO/c14-12-5-4-9(11-6-7-13-11)8-2-1-3-10(8)12/h4-5,11,13-14H,1-3,6-7H2/t11-/m1/s1. The lowest BCUT2D eigenvalue weighted by Gasteiger charge is -2.30. The van der Waals surface area contributed by atoms with Crippen LogP contribution < -0.4 is 5.32 Å². The first-order valence-corrected chi connectivity index (χ1v) is 5.43. The zero-order valence-electron chi connectivity index (χ0n) is 8.21. The first kappa shape index (κ1) is 8.30. The van der Waals surface area contributed by atoms with E-state index in [1.165, 1.54) is 29.5 Å². The largest absolute Gasteiger partial charge is 0.508 e. The maximum absolute atomic E-state index is 9.71. The van der Waals surface area contributed by atoms with Crippen molar-refractivity contribution < 1.29 is 5.11 Å². The average molecular weight is 189 g/mol. The predicted molar refractivity (Wildman–Crippen MR) is 55.5 cm³/mol. The van der Waals surface area contributed by atoms with E-state index in [4.69, 9.17) is 0 Å². The van der Waals surface area contributed by atoms with E-state index in [1.807, 2.05) is 6.07 Å². The van der Waals surface area contributed by atoms with Gasteiger partial charge in [0.15, 0.2) is 0 Å². The molecule has 1 heterocycles. The zero-order valence-corrected chi connectivity index (χ0v) is 8.21. The van der Waals surface area contributed by atoms with Crippen LogP contribution in [0, 0.1) is 0 Å². The van der Waals surface area contributed by atoms with E-state index >= 15 is 0 Å². The molecular formula is C12H15NO. The minimum atomic E-state index is 0.501. The van der Waals surface area contributed by atoms with Gasteiger partial charge in [-0.1, -0.05) is 6.07 Å². The van der Waals surface area contributed by atoms with Crippen LogP contribution in [0.15, 0.2) is 12.1 Å². The van der Waals surface area contributed by atoms with Crippen LogP contribution in [0.1, 0.15) is 35.6 Å². The lowest BCUT2D eigenvalue weighted by molar-refractivity contribution is 0.380. The minimum Gasteiger partial charge on any atom is -0.508 e. The Morgan fingerprint density at radius 3 is 2.71 bits per heavy atom. The van der Waals surface area contributed by atoms with E-state index < -0.39 is 0 Å². The summed E-state index contributed by atoms with van der Waals surface area (Å²) < 4.78 is 0. The van der Waals surface area contributed by atoms with Crippen LogP contribution in [0.4, 0.5) is 0 Å². The summed E-state index contributed by atoms with van der Waals surface area (Å²) in [6.07, 6.45) is 4.66. The summed E-state index contributed by atoms with van der Waals surface area (Å²) in [5.41, 5.74) is 4.06. The van der Waals surface area contributed by atoms with E-state index in [9.17, 15) is 5.11 Å². The maximum Gasteiger partial charge on any atom is 0.119 e. The molecule has 1 aliphatic heterocycles. The molecule has 1 saturated heterocycles. The molecule has 0 radical (unpaired) electrons. The number of benzene rings is 1. The fourth-order valence-corrected chi connectivity index (χ4v) is 2.60. The fraction of sp³-hybridized carbons (Fsp3) is 0.500. The molecule has 3 rings (SSSR count). The van der Waals surface area contributed by atoms with Gasteiger partial charge in [-0.2, -0.15) is 0 Å². The van der Waals surface area contributed by atoms with Crippen molar-refractivity contribution >= 4 is 0 Å². The molecule has 1 atom stereocenters. The van der Waals surface area contributed by atoms with Gasteiger partial charge in [-0.15, -0.1) is 0 Å². The van der Waals surface area contributed by atoms with Crippen molar-refractivity contribution in [2.45, 2.75) is 31.7 Å². The van der Waals surface area contributed by atoms with Crippen LogP contribution in [0.25, 0.3) is 0 Å². The molecule has 1 fully saturated rings. The van der Waals surface area contributed by atoms with E-state index in [0.29, 0.717) is 11.8 Å². The molecule has 1 aliphatic carbocycles. The number of fused-ring (bicyclic) bond motifs is 1. The molecule has 0 bridgehead atoms. The molecule has 1 aromatic carbocycles. The number of hydrogen-bond acceptors (Lipinski definition) is 2. The van der Waals surface area contributed by atoms with Gasteiger partial charge in [0.2, 0.25) is 0 Å². The Morgan fingerprint density at radius 2 is 2.00 bits per heavy atom. The molecule has 2 N–H and O–H groups in total. The molecule has 2 nitrogen and oxygen atoms in total. The molecule has 0 aromatic heterocycles. The highest BCUT2D eigenvalue weighted by molar-refractivity contribution is 5.48. The minimum absolute atomic E-state index is 0.501. The fourth-order valence-electron chi connectivity index (χ4n) is 2.60. The third-order valence-electron chi connectivity index (χ3n) is 3.50. The predicted octanol–water partition coefficient (Wildman–Crippen LogP) is 1.92. The summed E-state index contributed by atoms with van der Waals surface area (Å²) in [6, 6.07) is 4.51. The number of nitrogens with one attached hydrogen (secondary N) is 1. The normalized spacial score (nSPS) is 24.4. The molecule has 2 heteroatoms. The average Bonchev–Trinajstić information content (AvgIpc) is 2.55. The quantitative estimate of drug-likeness (QED) is 0.707. The molecular weight excluding hydrogens is 174 g/mol. The van der Waals surface area contributed by atoms with Gasteiger partial charge in [-0.05, 0) is 55.0 Å². The lowest BCUT2D eigenvalue weighted by atomic mass is 9.91. The topological polar surface area (TPSA) is 32.3 Å². The first-order chi connectivity index (χ1) is 6.86. The number of phenols is 1. The second kappa shape index (κ2) is 2.99. The summed E-state index contributed by atoms with van der Waals surface area (Å²) in [5.74, 6) is 0.501. The summed E-state index contributed by atoms with van der Waals surface area (Å²) >= 11 is 0. The van der Waals surface area contributed by atoms with Crippen LogP contribution >= 0.6 is 0 Å². The van der Waals surface area contributed by atoms with Gasteiger partial charge in [0.05, 0.1) is 0 Å². The number of aromatic hydroxyl groups is 1. The van der Waals surface area contributed by atoms with Crippen LogP contribution in [0.5, 0.6) is 5.75 Å². The molecule has 0 spiro atoms.